The molecule has 0 amide bonds. The molecule has 1 aromatic rings. The first-order valence-electron chi connectivity index (χ1n) is 9.51. The van der Waals surface area contributed by atoms with E-state index in [2.05, 4.69) is 28.0 Å². The first kappa shape index (κ1) is 19.0. The van der Waals surface area contributed by atoms with Gasteiger partial charge in [-0.1, -0.05) is 6.07 Å². The van der Waals surface area contributed by atoms with Gasteiger partial charge in [-0.2, -0.15) is 5.26 Å². The molecule has 1 atom stereocenters. The van der Waals surface area contributed by atoms with Crippen LogP contribution >= 0.6 is 0 Å². The molecular weight excluding hydrogens is 330 g/mol. The highest BCUT2D eigenvalue weighted by Crippen LogP contribution is 2.29. The largest absolute Gasteiger partial charge is 0.493 e. The first-order valence-corrected chi connectivity index (χ1v) is 9.51. The van der Waals surface area contributed by atoms with E-state index in [1.165, 1.54) is 5.56 Å². The molecular formula is C20H29N3O3. The van der Waals surface area contributed by atoms with Gasteiger partial charge in [-0.15, -0.1) is 0 Å². The Hall–Kier alpha value is -1.81. The highest BCUT2D eigenvalue weighted by Gasteiger charge is 2.19. The molecule has 142 valence electrons. The molecule has 2 saturated heterocycles. The van der Waals surface area contributed by atoms with Gasteiger partial charge in [0.1, 0.15) is 6.61 Å². The number of piperazine rings is 1. The average Bonchev–Trinajstić information content (AvgIpc) is 3.20. The van der Waals surface area contributed by atoms with Crippen molar-refractivity contribution in [3.05, 3.63) is 23.8 Å². The fourth-order valence-corrected chi connectivity index (χ4v) is 3.53. The number of hydrogen-bond donors (Lipinski definition) is 0. The Labute approximate surface area is 156 Å². The zero-order chi connectivity index (χ0) is 18.2. The van der Waals surface area contributed by atoms with Crippen molar-refractivity contribution in [1.82, 2.24) is 9.80 Å². The van der Waals surface area contributed by atoms with Crippen molar-refractivity contribution in [2.24, 2.45) is 0 Å². The summed E-state index contributed by atoms with van der Waals surface area (Å²) in [6.07, 6.45) is 3.01. The van der Waals surface area contributed by atoms with Crippen molar-refractivity contribution >= 4 is 0 Å². The van der Waals surface area contributed by atoms with Crippen LogP contribution in [0.4, 0.5) is 0 Å². The summed E-state index contributed by atoms with van der Waals surface area (Å²) in [6, 6.07) is 8.43. The van der Waals surface area contributed by atoms with E-state index in [9.17, 15) is 0 Å². The van der Waals surface area contributed by atoms with Crippen LogP contribution in [0.25, 0.3) is 0 Å². The summed E-state index contributed by atoms with van der Waals surface area (Å²) in [5.41, 5.74) is 1.23. The van der Waals surface area contributed by atoms with Gasteiger partial charge in [-0.05, 0) is 30.5 Å². The quantitative estimate of drug-likeness (QED) is 0.710. The number of nitriles is 1. The maximum Gasteiger partial charge on any atom is 0.161 e. The van der Waals surface area contributed by atoms with Gasteiger partial charge in [0.15, 0.2) is 11.5 Å². The lowest BCUT2D eigenvalue weighted by molar-refractivity contribution is 0.0669. The molecule has 2 fully saturated rings. The first-order chi connectivity index (χ1) is 12.8. The van der Waals surface area contributed by atoms with E-state index in [1.807, 2.05) is 6.07 Å². The minimum atomic E-state index is 0.205. The Balaban J connectivity index is 1.50. The van der Waals surface area contributed by atoms with Crippen LogP contribution < -0.4 is 9.47 Å². The minimum Gasteiger partial charge on any atom is -0.493 e. The van der Waals surface area contributed by atoms with Crippen molar-refractivity contribution in [2.75, 3.05) is 53.0 Å². The van der Waals surface area contributed by atoms with Crippen LogP contribution in [0, 0.1) is 11.3 Å². The second-order valence-corrected chi connectivity index (χ2v) is 6.96. The van der Waals surface area contributed by atoms with E-state index in [4.69, 9.17) is 19.5 Å². The highest BCUT2D eigenvalue weighted by atomic mass is 16.5. The SMILES string of the molecule is COc1cc(CN2CCN(CCC#N)CC2)ccc1OCC1CCCO1. The predicted molar refractivity (Wildman–Crippen MR) is 99.4 cm³/mol. The molecule has 0 aromatic heterocycles. The molecule has 2 heterocycles. The van der Waals surface area contributed by atoms with E-state index in [1.54, 1.807) is 7.11 Å². The Bertz CT molecular complexity index is 603. The molecule has 0 radical (unpaired) electrons. The van der Waals surface area contributed by atoms with E-state index in [0.29, 0.717) is 13.0 Å². The Morgan fingerprint density at radius 1 is 1.19 bits per heavy atom. The lowest BCUT2D eigenvalue weighted by atomic mass is 10.1. The number of hydrogen-bond acceptors (Lipinski definition) is 6. The summed E-state index contributed by atoms with van der Waals surface area (Å²) >= 11 is 0. The van der Waals surface area contributed by atoms with Gasteiger partial charge < -0.3 is 14.2 Å². The zero-order valence-electron chi connectivity index (χ0n) is 15.7. The van der Waals surface area contributed by atoms with Gasteiger partial charge in [0, 0.05) is 52.3 Å². The molecule has 6 heteroatoms. The standard InChI is InChI=1S/C20H29N3O3/c1-24-20-14-17(5-6-19(20)26-16-18-4-2-13-25-18)15-23-11-9-22(10-12-23)8-3-7-21/h5-6,14,18H,2-4,8-13,15-16H2,1H3. The topological polar surface area (TPSA) is 58.0 Å². The molecule has 2 aliphatic rings. The number of nitrogens with zero attached hydrogens (tertiary/aromatic N) is 3. The highest BCUT2D eigenvalue weighted by molar-refractivity contribution is 5.43. The molecule has 26 heavy (non-hydrogen) atoms. The second-order valence-electron chi connectivity index (χ2n) is 6.96. The molecule has 0 saturated carbocycles. The Morgan fingerprint density at radius 2 is 2.00 bits per heavy atom. The van der Waals surface area contributed by atoms with Crippen LogP contribution in [0.3, 0.4) is 0 Å². The molecule has 0 aliphatic carbocycles. The van der Waals surface area contributed by atoms with Crippen LogP contribution in [0.2, 0.25) is 0 Å². The van der Waals surface area contributed by atoms with E-state index in [-0.39, 0.29) is 6.10 Å². The average molecular weight is 359 g/mol. The lowest BCUT2D eigenvalue weighted by Gasteiger charge is -2.34. The van der Waals surface area contributed by atoms with Crippen LogP contribution in [0.15, 0.2) is 18.2 Å². The van der Waals surface area contributed by atoms with Crippen molar-refractivity contribution in [3.63, 3.8) is 0 Å². The van der Waals surface area contributed by atoms with Crippen molar-refractivity contribution < 1.29 is 14.2 Å². The van der Waals surface area contributed by atoms with Gasteiger partial charge in [-0.3, -0.25) is 9.80 Å². The van der Waals surface area contributed by atoms with Crippen LogP contribution in [0.5, 0.6) is 11.5 Å². The normalized spacial score (nSPS) is 21.5. The smallest absolute Gasteiger partial charge is 0.161 e. The Morgan fingerprint density at radius 3 is 2.69 bits per heavy atom. The molecule has 3 rings (SSSR count). The van der Waals surface area contributed by atoms with Gasteiger partial charge in [-0.25, -0.2) is 0 Å². The van der Waals surface area contributed by atoms with E-state index < -0.39 is 0 Å². The molecule has 1 aromatic carbocycles. The summed E-state index contributed by atoms with van der Waals surface area (Å²) in [6.45, 7) is 7.34. The van der Waals surface area contributed by atoms with Crippen LogP contribution in [-0.4, -0.2) is 69.0 Å². The molecule has 0 bridgehead atoms. The third-order valence-corrected chi connectivity index (χ3v) is 5.09. The maximum atomic E-state index is 8.70. The van der Waals surface area contributed by atoms with Gasteiger partial charge in [0.05, 0.1) is 19.3 Å². The van der Waals surface area contributed by atoms with E-state index in [0.717, 1.165) is 70.2 Å². The van der Waals surface area contributed by atoms with Crippen molar-refractivity contribution in [3.8, 4) is 17.6 Å². The summed E-state index contributed by atoms with van der Waals surface area (Å²) in [4.78, 5) is 4.81. The Kier molecular flexibility index (Phi) is 7.13. The number of methoxy groups -OCH3 is 1. The molecule has 0 N–H and O–H groups in total. The third kappa shape index (κ3) is 5.34. The fourth-order valence-electron chi connectivity index (χ4n) is 3.53. The van der Waals surface area contributed by atoms with E-state index >= 15 is 0 Å². The van der Waals surface area contributed by atoms with Crippen molar-refractivity contribution in [1.29, 1.82) is 5.26 Å². The summed E-state index contributed by atoms with van der Waals surface area (Å²) in [5.74, 6) is 1.57. The summed E-state index contributed by atoms with van der Waals surface area (Å²) in [5, 5.41) is 8.70. The van der Waals surface area contributed by atoms with Gasteiger partial charge in [0.25, 0.3) is 0 Å². The second kappa shape index (κ2) is 9.77. The molecule has 1 unspecified atom stereocenters. The summed E-state index contributed by atoms with van der Waals surface area (Å²) in [7, 11) is 1.69. The van der Waals surface area contributed by atoms with Crippen LogP contribution in [0.1, 0.15) is 24.8 Å². The summed E-state index contributed by atoms with van der Waals surface area (Å²) < 4.78 is 17.1. The number of benzene rings is 1. The number of rotatable bonds is 8. The zero-order valence-corrected chi connectivity index (χ0v) is 15.7. The van der Waals surface area contributed by atoms with Crippen LogP contribution in [-0.2, 0) is 11.3 Å². The fraction of sp³-hybridized carbons (Fsp3) is 0.650. The lowest BCUT2D eigenvalue weighted by Crippen LogP contribution is -2.46. The monoisotopic (exact) mass is 359 g/mol. The molecule has 6 nitrogen and oxygen atoms in total. The van der Waals surface area contributed by atoms with Gasteiger partial charge in [0.2, 0.25) is 0 Å². The third-order valence-electron chi connectivity index (χ3n) is 5.09. The van der Waals surface area contributed by atoms with Crippen molar-refractivity contribution in [2.45, 2.75) is 31.9 Å². The predicted octanol–water partition coefficient (Wildman–Crippen LogP) is 2.28. The maximum absolute atomic E-state index is 8.70. The number of ether oxygens (including phenoxy) is 3. The molecule has 2 aliphatic heterocycles. The van der Waals surface area contributed by atoms with Gasteiger partial charge >= 0.3 is 0 Å². The minimum absolute atomic E-state index is 0.205. The molecule has 0 spiro atoms.